The zero-order chi connectivity index (χ0) is 24.9. The number of halogens is 1. The van der Waals surface area contributed by atoms with Crippen molar-refractivity contribution < 1.29 is 18.7 Å². The van der Waals surface area contributed by atoms with Gasteiger partial charge in [0.15, 0.2) is 16.6 Å². The molecule has 0 saturated heterocycles. The number of ether oxygens (including phenoxy) is 2. The van der Waals surface area contributed by atoms with Gasteiger partial charge in [0.1, 0.15) is 24.1 Å². The monoisotopic (exact) mass is 487 g/mol. The molecule has 35 heavy (non-hydrogen) atoms. The van der Waals surface area contributed by atoms with Crippen LogP contribution in [0.15, 0.2) is 60.2 Å². The van der Waals surface area contributed by atoms with Gasteiger partial charge in [0.25, 0.3) is 5.91 Å². The fourth-order valence-electron chi connectivity index (χ4n) is 3.35. The Balaban J connectivity index is 1.50. The van der Waals surface area contributed by atoms with Crippen LogP contribution in [0.1, 0.15) is 22.3 Å². The largest absolute Gasteiger partial charge is 0.493 e. The predicted octanol–water partition coefficient (Wildman–Crippen LogP) is 6.19. The first-order chi connectivity index (χ1) is 16.9. The van der Waals surface area contributed by atoms with Crippen molar-refractivity contribution in [1.82, 2.24) is 4.98 Å². The minimum absolute atomic E-state index is 0.0707. The third-order valence-corrected chi connectivity index (χ3v) is 6.33. The van der Waals surface area contributed by atoms with Crippen molar-refractivity contribution in [1.29, 1.82) is 5.26 Å². The van der Waals surface area contributed by atoms with E-state index in [1.165, 1.54) is 36.7 Å². The molecule has 0 aliphatic carbocycles. The summed E-state index contributed by atoms with van der Waals surface area (Å²) in [4.78, 5) is 17.2. The molecule has 1 N–H and O–H groups in total. The molecule has 0 radical (unpaired) electrons. The van der Waals surface area contributed by atoms with Gasteiger partial charge in [0, 0.05) is 0 Å². The number of nitrogens with zero attached hydrogens (tertiary/aromatic N) is 2. The second-order valence-electron chi connectivity index (χ2n) is 7.87. The van der Waals surface area contributed by atoms with Crippen LogP contribution < -0.4 is 14.8 Å². The van der Waals surface area contributed by atoms with Crippen LogP contribution in [-0.4, -0.2) is 18.0 Å². The van der Waals surface area contributed by atoms with Gasteiger partial charge in [-0.25, -0.2) is 9.37 Å². The summed E-state index contributed by atoms with van der Waals surface area (Å²) in [6.07, 6.45) is 1.48. The van der Waals surface area contributed by atoms with Crippen LogP contribution in [0.25, 0.3) is 16.3 Å². The van der Waals surface area contributed by atoms with Gasteiger partial charge in [-0.3, -0.25) is 10.1 Å². The molecule has 0 saturated carbocycles. The Morgan fingerprint density at radius 2 is 1.86 bits per heavy atom. The van der Waals surface area contributed by atoms with Crippen molar-refractivity contribution in [3.63, 3.8) is 0 Å². The summed E-state index contributed by atoms with van der Waals surface area (Å²) in [7, 11) is 1.50. The molecule has 3 aromatic carbocycles. The van der Waals surface area contributed by atoms with Crippen molar-refractivity contribution >= 4 is 38.7 Å². The Kier molecular flexibility index (Phi) is 7.09. The number of fused-ring (bicyclic) bond motifs is 1. The maximum atomic E-state index is 13.1. The van der Waals surface area contributed by atoms with Gasteiger partial charge in [-0.05, 0) is 78.6 Å². The second-order valence-corrected chi connectivity index (χ2v) is 8.90. The topological polar surface area (TPSA) is 84.2 Å². The Labute approximate surface area is 206 Å². The highest BCUT2D eigenvalue weighted by Gasteiger charge is 2.14. The summed E-state index contributed by atoms with van der Waals surface area (Å²) < 4.78 is 25.3. The predicted molar refractivity (Wildman–Crippen MR) is 135 cm³/mol. The molecule has 4 rings (SSSR count). The van der Waals surface area contributed by atoms with Crippen LogP contribution in [0.3, 0.4) is 0 Å². The zero-order valence-electron chi connectivity index (χ0n) is 19.4. The molecule has 0 bridgehead atoms. The lowest BCUT2D eigenvalue weighted by Crippen LogP contribution is -2.13. The van der Waals surface area contributed by atoms with Gasteiger partial charge in [-0.2, -0.15) is 5.26 Å². The lowest BCUT2D eigenvalue weighted by atomic mass is 10.1. The van der Waals surface area contributed by atoms with E-state index >= 15 is 0 Å². The summed E-state index contributed by atoms with van der Waals surface area (Å²) in [6, 6.07) is 17.1. The Morgan fingerprint density at radius 1 is 1.11 bits per heavy atom. The maximum absolute atomic E-state index is 13.1. The average Bonchev–Trinajstić information content (AvgIpc) is 3.23. The van der Waals surface area contributed by atoms with Crippen LogP contribution in [0.5, 0.6) is 11.5 Å². The third-order valence-electron chi connectivity index (χ3n) is 5.40. The molecule has 4 aromatic rings. The number of carbonyl (C=O) groups excluding carboxylic acids is 1. The Morgan fingerprint density at radius 3 is 2.57 bits per heavy atom. The van der Waals surface area contributed by atoms with Gasteiger partial charge in [-0.1, -0.05) is 29.5 Å². The number of benzene rings is 3. The molecule has 8 heteroatoms. The van der Waals surface area contributed by atoms with Crippen molar-refractivity contribution in [2.24, 2.45) is 0 Å². The average molecular weight is 488 g/mol. The smallest absolute Gasteiger partial charge is 0.268 e. The van der Waals surface area contributed by atoms with Crippen LogP contribution in [0.2, 0.25) is 0 Å². The number of carbonyl (C=O) groups is 1. The molecule has 6 nitrogen and oxygen atoms in total. The number of methoxy groups -OCH3 is 1. The van der Waals surface area contributed by atoms with Gasteiger partial charge < -0.3 is 9.47 Å². The number of nitrogens with one attached hydrogen (secondary N) is 1. The molecule has 0 atom stereocenters. The minimum Gasteiger partial charge on any atom is -0.493 e. The van der Waals surface area contributed by atoms with E-state index < -0.39 is 5.91 Å². The molecule has 0 spiro atoms. The summed E-state index contributed by atoms with van der Waals surface area (Å²) in [5.41, 5.74) is 4.41. The molecule has 176 valence electrons. The van der Waals surface area contributed by atoms with E-state index in [0.717, 1.165) is 26.9 Å². The van der Waals surface area contributed by atoms with Gasteiger partial charge in [0.05, 0.1) is 17.3 Å². The van der Waals surface area contributed by atoms with E-state index in [0.29, 0.717) is 22.2 Å². The quantitative estimate of drug-likeness (QED) is 0.248. The highest BCUT2D eigenvalue weighted by molar-refractivity contribution is 7.22. The number of anilines is 1. The standard InChI is InChI=1S/C27H22FN3O3S/c1-16-10-22-25(11-17(16)2)35-27(30-22)31-26(32)20(14-29)12-19-6-9-23(24(13-19)33-3)34-15-18-4-7-21(28)8-5-18/h4-13H,15H2,1-3H3,(H,30,31,32)/b20-12+. The minimum atomic E-state index is -0.546. The Hall–Kier alpha value is -4.22. The highest BCUT2D eigenvalue weighted by Crippen LogP contribution is 2.31. The molecular formula is C27H22FN3O3S. The van der Waals surface area contributed by atoms with E-state index in [-0.39, 0.29) is 18.0 Å². The fraction of sp³-hybridized carbons (Fsp3) is 0.148. The van der Waals surface area contributed by atoms with E-state index in [1.807, 2.05) is 32.0 Å². The van der Waals surface area contributed by atoms with Crippen molar-refractivity contribution in [2.75, 3.05) is 12.4 Å². The number of hydrogen-bond donors (Lipinski definition) is 1. The lowest BCUT2D eigenvalue weighted by Gasteiger charge is -2.11. The van der Waals surface area contributed by atoms with Crippen LogP contribution in [-0.2, 0) is 11.4 Å². The molecule has 0 fully saturated rings. The van der Waals surface area contributed by atoms with Crippen LogP contribution in [0, 0.1) is 31.0 Å². The summed E-state index contributed by atoms with van der Waals surface area (Å²) in [5.74, 6) is 0.0659. The number of hydrogen-bond acceptors (Lipinski definition) is 6. The van der Waals surface area contributed by atoms with Gasteiger partial charge >= 0.3 is 0 Å². The number of aryl methyl sites for hydroxylation is 2. The summed E-state index contributed by atoms with van der Waals surface area (Å²) >= 11 is 1.36. The third kappa shape index (κ3) is 5.65. The molecule has 1 heterocycles. The lowest BCUT2D eigenvalue weighted by molar-refractivity contribution is -0.112. The van der Waals surface area contributed by atoms with E-state index in [1.54, 1.807) is 30.3 Å². The summed E-state index contributed by atoms with van der Waals surface area (Å²) in [5, 5.41) is 12.7. The first-order valence-electron chi connectivity index (χ1n) is 10.7. The SMILES string of the molecule is COc1cc(/C=C(\C#N)C(=O)Nc2nc3cc(C)c(C)cc3s2)ccc1OCc1ccc(F)cc1. The van der Waals surface area contributed by atoms with Crippen molar-refractivity contribution in [2.45, 2.75) is 20.5 Å². The molecule has 1 aromatic heterocycles. The second kappa shape index (κ2) is 10.4. The Bertz CT molecular complexity index is 1430. The van der Waals surface area contributed by atoms with E-state index in [9.17, 15) is 14.4 Å². The number of rotatable bonds is 7. The number of amides is 1. The first kappa shape index (κ1) is 23.9. The van der Waals surface area contributed by atoms with Crippen molar-refractivity contribution in [3.8, 4) is 17.6 Å². The molecule has 0 aliphatic rings. The maximum Gasteiger partial charge on any atom is 0.268 e. The number of thiazole rings is 1. The molecule has 0 aliphatic heterocycles. The highest BCUT2D eigenvalue weighted by atomic mass is 32.1. The molecule has 1 amide bonds. The normalized spacial score (nSPS) is 11.2. The van der Waals surface area contributed by atoms with Gasteiger partial charge in [0.2, 0.25) is 0 Å². The van der Waals surface area contributed by atoms with E-state index in [2.05, 4.69) is 10.3 Å². The number of nitriles is 1. The van der Waals surface area contributed by atoms with Crippen LogP contribution >= 0.6 is 11.3 Å². The first-order valence-corrected chi connectivity index (χ1v) is 11.5. The molecular weight excluding hydrogens is 465 g/mol. The van der Waals surface area contributed by atoms with Crippen LogP contribution in [0.4, 0.5) is 9.52 Å². The summed E-state index contributed by atoms with van der Waals surface area (Å²) in [6.45, 7) is 4.27. The van der Waals surface area contributed by atoms with Gasteiger partial charge in [-0.15, -0.1) is 0 Å². The fourth-order valence-corrected chi connectivity index (χ4v) is 4.29. The van der Waals surface area contributed by atoms with E-state index in [4.69, 9.17) is 9.47 Å². The zero-order valence-corrected chi connectivity index (χ0v) is 20.2. The molecule has 0 unspecified atom stereocenters. The van der Waals surface area contributed by atoms with Crippen molar-refractivity contribution in [3.05, 3.63) is 88.2 Å². The number of aromatic nitrogens is 1.